The minimum absolute atomic E-state index is 0.0578. The number of nitrogens with zero attached hydrogens (tertiary/aromatic N) is 2. The predicted octanol–water partition coefficient (Wildman–Crippen LogP) is 2.56. The van der Waals surface area contributed by atoms with Gasteiger partial charge in [-0.1, -0.05) is 26.7 Å². The summed E-state index contributed by atoms with van der Waals surface area (Å²) in [6.07, 6.45) is 3.64. The van der Waals surface area contributed by atoms with Crippen molar-refractivity contribution in [3.63, 3.8) is 0 Å². The van der Waals surface area contributed by atoms with Gasteiger partial charge in [-0.15, -0.1) is 0 Å². The number of rotatable bonds is 5. The molecule has 1 aromatic heterocycles. The second-order valence-corrected chi connectivity index (χ2v) is 6.41. The summed E-state index contributed by atoms with van der Waals surface area (Å²) < 4.78 is 24.1. The Balaban J connectivity index is 2.94. The topological polar surface area (TPSA) is 52.0 Å². The van der Waals surface area contributed by atoms with E-state index in [1.165, 1.54) is 6.20 Å². The number of imidazole rings is 1. The van der Waals surface area contributed by atoms with Gasteiger partial charge in [0, 0.05) is 23.4 Å². The maximum absolute atomic E-state index is 11.1. The number of halogens is 1. The minimum atomic E-state index is -3.71. The maximum Gasteiger partial charge on any atom is 0.280 e. The first-order valence-electron chi connectivity index (χ1n) is 5.36. The zero-order valence-electron chi connectivity index (χ0n) is 9.77. The summed E-state index contributed by atoms with van der Waals surface area (Å²) in [5.41, 5.74) is 0. The molecule has 0 bridgehead atoms. The van der Waals surface area contributed by atoms with Gasteiger partial charge in [-0.3, -0.25) is 0 Å². The quantitative estimate of drug-likeness (QED) is 0.768. The maximum atomic E-state index is 11.1. The summed E-state index contributed by atoms with van der Waals surface area (Å²) in [6.45, 7) is 6.82. The Kier molecular flexibility index (Phi) is 4.38. The largest absolute Gasteiger partial charge is 0.333 e. The fourth-order valence-corrected chi connectivity index (χ4v) is 2.32. The average molecular weight is 265 g/mol. The molecule has 0 saturated carbocycles. The fraction of sp³-hybridized carbons (Fsp3) is 0.700. The van der Waals surface area contributed by atoms with Crippen LogP contribution in [0, 0.1) is 12.8 Å². The molecule has 6 heteroatoms. The summed E-state index contributed by atoms with van der Waals surface area (Å²) in [6, 6.07) is 0. The molecule has 0 unspecified atom stereocenters. The molecule has 16 heavy (non-hydrogen) atoms. The molecular weight excluding hydrogens is 248 g/mol. The normalized spacial score (nSPS) is 12.3. The van der Waals surface area contributed by atoms with Crippen molar-refractivity contribution in [3.8, 4) is 0 Å². The first kappa shape index (κ1) is 13.5. The lowest BCUT2D eigenvalue weighted by Crippen LogP contribution is -2.09. The van der Waals surface area contributed by atoms with Crippen LogP contribution in [-0.4, -0.2) is 18.0 Å². The smallest absolute Gasteiger partial charge is 0.280 e. The highest BCUT2D eigenvalue weighted by molar-refractivity contribution is 8.13. The number of aromatic nitrogens is 2. The highest BCUT2D eigenvalue weighted by Crippen LogP contribution is 2.17. The van der Waals surface area contributed by atoms with Gasteiger partial charge in [0.1, 0.15) is 5.82 Å². The third-order valence-corrected chi connectivity index (χ3v) is 3.98. The molecule has 0 N–H and O–H groups in total. The van der Waals surface area contributed by atoms with E-state index >= 15 is 0 Å². The van der Waals surface area contributed by atoms with E-state index in [0.29, 0.717) is 11.7 Å². The van der Waals surface area contributed by atoms with Gasteiger partial charge in [0.2, 0.25) is 0 Å². The number of aryl methyl sites for hydroxylation is 1. The van der Waals surface area contributed by atoms with Gasteiger partial charge in [0.15, 0.2) is 5.03 Å². The molecule has 0 spiro atoms. The molecule has 0 atom stereocenters. The zero-order valence-corrected chi connectivity index (χ0v) is 11.3. The van der Waals surface area contributed by atoms with Crippen LogP contribution in [0.25, 0.3) is 0 Å². The zero-order chi connectivity index (χ0) is 12.3. The van der Waals surface area contributed by atoms with E-state index in [9.17, 15) is 8.42 Å². The molecule has 0 aliphatic carbocycles. The molecule has 1 aromatic rings. The van der Waals surface area contributed by atoms with E-state index in [4.69, 9.17) is 10.7 Å². The lowest BCUT2D eigenvalue weighted by atomic mass is 10.0. The van der Waals surface area contributed by atoms with Gasteiger partial charge in [-0.05, 0) is 12.8 Å². The van der Waals surface area contributed by atoms with Crippen LogP contribution in [0.5, 0.6) is 0 Å². The van der Waals surface area contributed by atoms with Crippen LogP contribution in [0.2, 0.25) is 0 Å². The van der Waals surface area contributed by atoms with Crippen LogP contribution < -0.4 is 0 Å². The summed E-state index contributed by atoms with van der Waals surface area (Å²) in [5, 5.41) is -0.0578. The van der Waals surface area contributed by atoms with Crippen LogP contribution >= 0.6 is 10.7 Å². The van der Waals surface area contributed by atoms with Crippen LogP contribution in [0.15, 0.2) is 11.2 Å². The van der Waals surface area contributed by atoms with Crippen LogP contribution in [0.4, 0.5) is 0 Å². The third-order valence-electron chi connectivity index (χ3n) is 2.81. The summed E-state index contributed by atoms with van der Waals surface area (Å²) >= 11 is 0. The van der Waals surface area contributed by atoms with Crippen molar-refractivity contribution in [1.29, 1.82) is 0 Å². The van der Waals surface area contributed by atoms with E-state index < -0.39 is 9.05 Å². The van der Waals surface area contributed by atoms with E-state index in [2.05, 4.69) is 18.8 Å². The predicted molar refractivity (Wildman–Crippen MR) is 64.1 cm³/mol. The standard InChI is InChI=1S/C10H17ClN2O2S/c1-4-9(5-2)6-13-7-10(12-8(13)3)16(11,14)15/h7,9H,4-6H2,1-3H3. The third kappa shape index (κ3) is 3.22. The lowest BCUT2D eigenvalue weighted by Gasteiger charge is -2.13. The summed E-state index contributed by atoms with van der Waals surface area (Å²) in [7, 11) is 1.53. The molecule has 1 rings (SSSR count). The van der Waals surface area contributed by atoms with Crippen molar-refractivity contribution in [2.45, 2.75) is 45.2 Å². The molecule has 0 fully saturated rings. The second kappa shape index (κ2) is 5.19. The van der Waals surface area contributed by atoms with E-state index in [-0.39, 0.29) is 5.03 Å². The summed E-state index contributed by atoms with van der Waals surface area (Å²) in [5.74, 6) is 1.23. The molecule has 1 heterocycles. The summed E-state index contributed by atoms with van der Waals surface area (Å²) in [4.78, 5) is 3.95. The van der Waals surface area contributed by atoms with E-state index in [0.717, 1.165) is 19.4 Å². The van der Waals surface area contributed by atoms with Crippen LogP contribution in [-0.2, 0) is 15.6 Å². The average Bonchev–Trinajstić information content (AvgIpc) is 2.56. The highest BCUT2D eigenvalue weighted by atomic mass is 35.7. The Labute approximate surface area is 101 Å². The molecule has 4 nitrogen and oxygen atoms in total. The van der Waals surface area contributed by atoms with Gasteiger partial charge >= 0.3 is 0 Å². The SMILES string of the molecule is CCC(CC)Cn1cc(S(=O)(=O)Cl)nc1C. The number of hydrogen-bond donors (Lipinski definition) is 0. The first-order valence-corrected chi connectivity index (χ1v) is 7.67. The van der Waals surface area contributed by atoms with Crippen molar-refractivity contribution < 1.29 is 8.42 Å². The molecule has 0 radical (unpaired) electrons. The van der Waals surface area contributed by atoms with Gasteiger partial charge in [-0.25, -0.2) is 13.4 Å². The van der Waals surface area contributed by atoms with Gasteiger partial charge < -0.3 is 4.57 Å². The molecule has 0 aromatic carbocycles. The molecule has 0 aliphatic rings. The van der Waals surface area contributed by atoms with Crippen molar-refractivity contribution >= 4 is 19.7 Å². The molecule has 92 valence electrons. The molecule has 0 amide bonds. The Hall–Kier alpha value is -0.550. The van der Waals surface area contributed by atoms with Gasteiger partial charge in [-0.2, -0.15) is 0 Å². The van der Waals surface area contributed by atoms with Gasteiger partial charge in [0.25, 0.3) is 9.05 Å². The van der Waals surface area contributed by atoms with E-state index in [1.807, 2.05) is 4.57 Å². The lowest BCUT2D eigenvalue weighted by molar-refractivity contribution is 0.413. The van der Waals surface area contributed by atoms with Crippen molar-refractivity contribution in [2.75, 3.05) is 0 Å². The van der Waals surface area contributed by atoms with Crippen LogP contribution in [0.3, 0.4) is 0 Å². The molecule has 0 aliphatic heterocycles. The minimum Gasteiger partial charge on any atom is -0.333 e. The molecular formula is C10H17ClN2O2S. The highest BCUT2D eigenvalue weighted by Gasteiger charge is 2.17. The monoisotopic (exact) mass is 264 g/mol. The first-order chi connectivity index (χ1) is 7.38. The number of hydrogen-bond acceptors (Lipinski definition) is 3. The van der Waals surface area contributed by atoms with E-state index in [1.54, 1.807) is 6.92 Å². The van der Waals surface area contributed by atoms with Crippen molar-refractivity contribution in [1.82, 2.24) is 9.55 Å². The Bertz CT molecular complexity index is 449. The molecule has 0 saturated heterocycles. The second-order valence-electron chi connectivity index (χ2n) is 3.90. The van der Waals surface area contributed by atoms with Crippen molar-refractivity contribution in [3.05, 3.63) is 12.0 Å². The van der Waals surface area contributed by atoms with Crippen molar-refractivity contribution in [2.24, 2.45) is 5.92 Å². The fourth-order valence-electron chi connectivity index (χ4n) is 1.61. The van der Waals surface area contributed by atoms with Crippen LogP contribution in [0.1, 0.15) is 32.5 Å². The Morgan fingerprint density at radius 3 is 2.38 bits per heavy atom. The Morgan fingerprint density at radius 1 is 1.44 bits per heavy atom. The Morgan fingerprint density at radius 2 is 2.00 bits per heavy atom. The van der Waals surface area contributed by atoms with Gasteiger partial charge in [0.05, 0.1) is 0 Å².